The van der Waals surface area contributed by atoms with Crippen molar-refractivity contribution in [3.8, 4) is 0 Å². The fourth-order valence-electron chi connectivity index (χ4n) is 1.33. The molecule has 0 saturated heterocycles. The van der Waals surface area contributed by atoms with Crippen LogP contribution in [0.3, 0.4) is 0 Å². The van der Waals surface area contributed by atoms with Crippen LogP contribution in [0.2, 0.25) is 0 Å². The van der Waals surface area contributed by atoms with Crippen LogP contribution >= 0.6 is 0 Å². The van der Waals surface area contributed by atoms with Crippen molar-refractivity contribution in [3.05, 3.63) is 23.3 Å². The number of rotatable bonds is 4. The molecule has 0 spiro atoms. The van der Waals surface area contributed by atoms with Crippen molar-refractivity contribution in [3.63, 3.8) is 0 Å². The molecule has 3 heteroatoms. The van der Waals surface area contributed by atoms with E-state index in [0.717, 1.165) is 30.2 Å². The van der Waals surface area contributed by atoms with E-state index in [1.165, 1.54) is 0 Å². The van der Waals surface area contributed by atoms with Gasteiger partial charge in [-0.1, -0.05) is 13.8 Å². The molecule has 78 valence electrons. The van der Waals surface area contributed by atoms with Gasteiger partial charge in [0.05, 0.1) is 5.69 Å². The Bertz CT molecular complexity index is 297. The van der Waals surface area contributed by atoms with Crippen molar-refractivity contribution in [1.82, 2.24) is 15.3 Å². The van der Waals surface area contributed by atoms with E-state index < -0.39 is 0 Å². The zero-order chi connectivity index (χ0) is 10.6. The van der Waals surface area contributed by atoms with Crippen molar-refractivity contribution in [2.24, 2.45) is 0 Å². The molecule has 1 N–H and O–H groups in total. The molecule has 1 aromatic heterocycles. The number of hydrogen-bond donors (Lipinski definition) is 1. The summed E-state index contributed by atoms with van der Waals surface area (Å²) < 4.78 is 0. The molecule has 3 nitrogen and oxygen atoms in total. The van der Waals surface area contributed by atoms with Crippen molar-refractivity contribution in [2.45, 2.75) is 39.7 Å². The molecule has 1 atom stereocenters. The van der Waals surface area contributed by atoms with Crippen LogP contribution in [-0.4, -0.2) is 17.0 Å². The molecule has 1 unspecified atom stereocenters. The number of nitrogens with one attached hydrogen (secondary N) is 1. The summed E-state index contributed by atoms with van der Waals surface area (Å²) in [6.45, 7) is 7.16. The predicted octanol–water partition coefficient (Wildman–Crippen LogP) is 2.02. The molecule has 0 fully saturated rings. The van der Waals surface area contributed by atoms with E-state index in [2.05, 4.69) is 29.1 Å². The minimum atomic E-state index is 0.450. The third kappa shape index (κ3) is 2.77. The van der Waals surface area contributed by atoms with Gasteiger partial charge in [-0.3, -0.25) is 0 Å². The lowest BCUT2D eigenvalue weighted by Gasteiger charge is -2.09. The number of aromatic nitrogens is 2. The fraction of sp³-hybridized carbons (Fsp3) is 0.636. The van der Waals surface area contributed by atoms with Gasteiger partial charge in [-0.25, -0.2) is 9.97 Å². The van der Waals surface area contributed by atoms with E-state index in [-0.39, 0.29) is 0 Å². The standard InChI is InChI=1S/C11H19N3/c1-5-8(2)11-13-9(3)6-10(14-11)7-12-4/h6,8,12H,5,7H2,1-4H3. The minimum Gasteiger partial charge on any atom is -0.314 e. The largest absolute Gasteiger partial charge is 0.314 e. The zero-order valence-corrected chi connectivity index (χ0v) is 9.46. The summed E-state index contributed by atoms with van der Waals surface area (Å²) in [5, 5.41) is 3.11. The lowest BCUT2D eigenvalue weighted by molar-refractivity contribution is 0.658. The second kappa shape index (κ2) is 5.05. The van der Waals surface area contributed by atoms with E-state index >= 15 is 0 Å². The SMILES string of the molecule is CCC(C)c1nc(C)cc(CNC)n1. The zero-order valence-electron chi connectivity index (χ0n) is 9.46. The van der Waals surface area contributed by atoms with Gasteiger partial charge in [0.25, 0.3) is 0 Å². The molecule has 0 bridgehead atoms. The third-order valence-corrected chi connectivity index (χ3v) is 2.34. The second-order valence-corrected chi connectivity index (χ2v) is 3.70. The molecule has 0 aromatic carbocycles. The Kier molecular flexibility index (Phi) is 4.01. The second-order valence-electron chi connectivity index (χ2n) is 3.70. The number of hydrogen-bond acceptors (Lipinski definition) is 3. The van der Waals surface area contributed by atoms with Crippen LogP contribution in [0.15, 0.2) is 6.07 Å². The molecular formula is C11H19N3. The Morgan fingerprint density at radius 3 is 2.71 bits per heavy atom. The van der Waals surface area contributed by atoms with E-state index in [4.69, 9.17) is 0 Å². The topological polar surface area (TPSA) is 37.8 Å². The molecule has 0 aliphatic carbocycles. The van der Waals surface area contributed by atoms with Crippen molar-refractivity contribution in [1.29, 1.82) is 0 Å². The van der Waals surface area contributed by atoms with Crippen LogP contribution in [-0.2, 0) is 6.54 Å². The highest BCUT2D eigenvalue weighted by Gasteiger charge is 2.08. The molecule has 1 aromatic rings. The third-order valence-electron chi connectivity index (χ3n) is 2.34. The lowest BCUT2D eigenvalue weighted by atomic mass is 10.1. The number of nitrogens with zero attached hydrogens (tertiary/aromatic N) is 2. The molecule has 0 saturated carbocycles. The first-order valence-electron chi connectivity index (χ1n) is 5.16. The molecule has 0 aliphatic rings. The average molecular weight is 193 g/mol. The van der Waals surface area contributed by atoms with Gasteiger partial charge in [0.1, 0.15) is 5.82 Å². The Hall–Kier alpha value is -0.960. The Morgan fingerprint density at radius 2 is 2.14 bits per heavy atom. The summed E-state index contributed by atoms with van der Waals surface area (Å²) in [4.78, 5) is 8.97. The normalized spacial score (nSPS) is 12.9. The summed E-state index contributed by atoms with van der Waals surface area (Å²) >= 11 is 0. The number of aryl methyl sites for hydroxylation is 1. The smallest absolute Gasteiger partial charge is 0.131 e. The van der Waals surface area contributed by atoms with Gasteiger partial charge >= 0.3 is 0 Å². The monoisotopic (exact) mass is 193 g/mol. The van der Waals surface area contributed by atoms with Gasteiger partial charge in [-0.2, -0.15) is 0 Å². The molecule has 0 amide bonds. The first kappa shape index (κ1) is 11.1. The maximum Gasteiger partial charge on any atom is 0.131 e. The van der Waals surface area contributed by atoms with Gasteiger partial charge in [0, 0.05) is 18.2 Å². The molecule has 1 heterocycles. The highest BCUT2D eigenvalue weighted by molar-refractivity contribution is 5.11. The van der Waals surface area contributed by atoms with Crippen LogP contribution in [0.4, 0.5) is 0 Å². The van der Waals surface area contributed by atoms with E-state index in [1.807, 2.05) is 20.0 Å². The molecule has 0 radical (unpaired) electrons. The summed E-state index contributed by atoms with van der Waals surface area (Å²) in [5.41, 5.74) is 2.14. The summed E-state index contributed by atoms with van der Waals surface area (Å²) in [7, 11) is 1.93. The van der Waals surface area contributed by atoms with Gasteiger partial charge in [-0.05, 0) is 26.5 Å². The molecule has 0 aliphatic heterocycles. The summed E-state index contributed by atoms with van der Waals surface area (Å²) in [6.07, 6.45) is 1.09. The van der Waals surface area contributed by atoms with Crippen LogP contribution in [0.1, 0.15) is 43.4 Å². The van der Waals surface area contributed by atoms with Gasteiger partial charge in [0.15, 0.2) is 0 Å². The van der Waals surface area contributed by atoms with Gasteiger partial charge < -0.3 is 5.32 Å². The van der Waals surface area contributed by atoms with E-state index in [9.17, 15) is 0 Å². The predicted molar refractivity (Wildman–Crippen MR) is 58.2 cm³/mol. The summed E-state index contributed by atoms with van der Waals surface area (Å²) in [6, 6.07) is 2.03. The first-order chi connectivity index (χ1) is 6.67. The Balaban J connectivity index is 2.94. The fourth-order valence-corrected chi connectivity index (χ4v) is 1.33. The Morgan fingerprint density at radius 1 is 1.43 bits per heavy atom. The van der Waals surface area contributed by atoms with Gasteiger partial charge in [0.2, 0.25) is 0 Å². The molecule has 1 rings (SSSR count). The van der Waals surface area contributed by atoms with Crippen molar-refractivity contribution < 1.29 is 0 Å². The van der Waals surface area contributed by atoms with Crippen LogP contribution in [0.5, 0.6) is 0 Å². The maximum absolute atomic E-state index is 4.52. The maximum atomic E-state index is 4.52. The van der Waals surface area contributed by atoms with Crippen LogP contribution in [0.25, 0.3) is 0 Å². The van der Waals surface area contributed by atoms with E-state index in [1.54, 1.807) is 0 Å². The lowest BCUT2D eigenvalue weighted by Crippen LogP contribution is -2.11. The molecular weight excluding hydrogens is 174 g/mol. The van der Waals surface area contributed by atoms with E-state index in [0.29, 0.717) is 5.92 Å². The summed E-state index contributed by atoms with van der Waals surface area (Å²) in [5.74, 6) is 1.42. The first-order valence-corrected chi connectivity index (χ1v) is 5.16. The Labute approximate surface area is 86.0 Å². The quantitative estimate of drug-likeness (QED) is 0.795. The highest BCUT2D eigenvalue weighted by atomic mass is 14.9. The van der Waals surface area contributed by atoms with Crippen LogP contribution in [0, 0.1) is 6.92 Å². The van der Waals surface area contributed by atoms with Crippen molar-refractivity contribution in [2.75, 3.05) is 7.05 Å². The molecule has 14 heavy (non-hydrogen) atoms. The van der Waals surface area contributed by atoms with Crippen molar-refractivity contribution >= 4 is 0 Å². The van der Waals surface area contributed by atoms with Gasteiger partial charge in [-0.15, -0.1) is 0 Å². The minimum absolute atomic E-state index is 0.450. The highest BCUT2D eigenvalue weighted by Crippen LogP contribution is 2.14. The average Bonchev–Trinajstić information content (AvgIpc) is 2.16. The van der Waals surface area contributed by atoms with Crippen LogP contribution < -0.4 is 5.32 Å².